The number of ether oxygens (including phenoxy) is 1. The first-order valence-corrected chi connectivity index (χ1v) is 13.2. The topological polar surface area (TPSA) is 87.7 Å². The minimum atomic E-state index is -3.62. The maximum Gasteiger partial charge on any atom is 0.266 e. The number of carbonyl (C=O) groups is 1. The SMILES string of the molecule is CC1(C)CC(c2cccc(N3CCOCC3)c2)Nc2c(C(=O)NS(=O)(=O)C3CC3)cccc21. The zero-order chi connectivity index (χ0) is 23.2. The summed E-state index contributed by atoms with van der Waals surface area (Å²) >= 11 is 0. The van der Waals surface area contributed by atoms with Gasteiger partial charge in [-0.15, -0.1) is 0 Å². The third-order valence-corrected chi connectivity index (χ3v) is 8.74. The van der Waals surface area contributed by atoms with Gasteiger partial charge in [0.15, 0.2) is 0 Å². The van der Waals surface area contributed by atoms with Crippen LogP contribution in [0.2, 0.25) is 0 Å². The molecule has 1 saturated heterocycles. The quantitative estimate of drug-likeness (QED) is 0.696. The van der Waals surface area contributed by atoms with Gasteiger partial charge in [-0.2, -0.15) is 0 Å². The lowest BCUT2D eigenvalue weighted by Gasteiger charge is -2.40. The summed E-state index contributed by atoms with van der Waals surface area (Å²) < 4.78 is 32.5. The van der Waals surface area contributed by atoms with Gasteiger partial charge in [0.05, 0.1) is 35.8 Å². The number of morpholine rings is 1. The first-order valence-electron chi connectivity index (χ1n) is 11.6. The van der Waals surface area contributed by atoms with E-state index in [1.807, 2.05) is 12.1 Å². The van der Waals surface area contributed by atoms with Crippen LogP contribution >= 0.6 is 0 Å². The maximum absolute atomic E-state index is 13.0. The van der Waals surface area contributed by atoms with Crippen molar-refractivity contribution in [2.75, 3.05) is 36.5 Å². The molecule has 5 rings (SSSR count). The van der Waals surface area contributed by atoms with Gasteiger partial charge >= 0.3 is 0 Å². The monoisotopic (exact) mass is 469 g/mol. The fourth-order valence-electron chi connectivity index (χ4n) is 4.91. The number of nitrogens with one attached hydrogen (secondary N) is 2. The molecule has 2 N–H and O–H groups in total. The molecular weight excluding hydrogens is 438 g/mol. The van der Waals surface area contributed by atoms with Crippen LogP contribution < -0.4 is 14.9 Å². The van der Waals surface area contributed by atoms with Gasteiger partial charge in [0.25, 0.3) is 5.91 Å². The summed E-state index contributed by atoms with van der Waals surface area (Å²) in [4.78, 5) is 15.4. The molecule has 2 fully saturated rings. The van der Waals surface area contributed by atoms with Gasteiger partial charge in [-0.05, 0) is 54.0 Å². The Morgan fingerprint density at radius 1 is 1.12 bits per heavy atom. The highest BCUT2D eigenvalue weighted by atomic mass is 32.2. The Bertz CT molecular complexity index is 1170. The lowest BCUT2D eigenvalue weighted by atomic mass is 9.73. The zero-order valence-corrected chi connectivity index (χ0v) is 20.0. The smallest absolute Gasteiger partial charge is 0.266 e. The fourth-order valence-corrected chi connectivity index (χ4v) is 6.21. The number of nitrogens with zero attached hydrogens (tertiary/aromatic N) is 1. The van der Waals surface area contributed by atoms with E-state index in [-0.39, 0.29) is 11.5 Å². The van der Waals surface area contributed by atoms with E-state index in [4.69, 9.17) is 4.74 Å². The summed E-state index contributed by atoms with van der Waals surface area (Å²) in [6.45, 7) is 7.55. The van der Waals surface area contributed by atoms with Crippen LogP contribution in [-0.4, -0.2) is 45.9 Å². The molecule has 2 aromatic rings. The highest BCUT2D eigenvalue weighted by molar-refractivity contribution is 7.91. The van der Waals surface area contributed by atoms with Gasteiger partial charge in [-0.25, -0.2) is 13.1 Å². The van der Waals surface area contributed by atoms with Crippen LogP contribution in [0.5, 0.6) is 0 Å². The van der Waals surface area contributed by atoms with E-state index < -0.39 is 21.2 Å². The molecule has 0 radical (unpaired) electrons. The molecule has 7 nitrogen and oxygen atoms in total. The summed E-state index contributed by atoms with van der Waals surface area (Å²) in [5.74, 6) is -0.565. The number of hydrogen-bond acceptors (Lipinski definition) is 6. The summed E-state index contributed by atoms with van der Waals surface area (Å²) in [5.41, 5.74) is 4.25. The standard InChI is InChI=1S/C25H31N3O4S/c1-25(2)16-22(17-5-3-6-18(15-17)28-11-13-32-14-12-28)26-23-20(7-4-8-21(23)25)24(29)27-33(30,31)19-9-10-19/h3-8,15,19,22,26H,9-14,16H2,1-2H3,(H,27,29). The van der Waals surface area contributed by atoms with Crippen molar-refractivity contribution >= 4 is 27.3 Å². The van der Waals surface area contributed by atoms with E-state index in [0.717, 1.165) is 49.5 Å². The highest BCUT2D eigenvalue weighted by Crippen LogP contribution is 2.45. The average Bonchev–Trinajstić information content (AvgIpc) is 3.65. The van der Waals surface area contributed by atoms with E-state index in [9.17, 15) is 13.2 Å². The third-order valence-electron chi connectivity index (χ3n) is 6.92. The molecule has 176 valence electrons. The van der Waals surface area contributed by atoms with Crippen LogP contribution in [0.3, 0.4) is 0 Å². The van der Waals surface area contributed by atoms with E-state index in [1.54, 1.807) is 6.07 Å². The van der Waals surface area contributed by atoms with Crippen LogP contribution in [0.4, 0.5) is 11.4 Å². The van der Waals surface area contributed by atoms with Crippen molar-refractivity contribution in [3.05, 3.63) is 59.2 Å². The maximum atomic E-state index is 13.0. The first-order chi connectivity index (χ1) is 15.7. The van der Waals surface area contributed by atoms with Gasteiger partial charge in [-0.3, -0.25) is 4.79 Å². The molecule has 0 bridgehead atoms. The molecule has 3 aliphatic rings. The molecule has 2 heterocycles. The predicted molar refractivity (Wildman–Crippen MR) is 129 cm³/mol. The molecule has 1 unspecified atom stereocenters. The molecule has 0 spiro atoms. The lowest BCUT2D eigenvalue weighted by molar-refractivity contribution is 0.0981. The minimum absolute atomic E-state index is 0.00230. The number of amides is 1. The van der Waals surface area contributed by atoms with Gasteiger partial charge < -0.3 is 15.0 Å². The number of fused-ring (bicyclic) bond motifs is 1. The number of carbonyl (C=O) groups excluding carboxylic acids is 1. The summed E-state index contributed by atoms with van der Waals surface area (Å²) in [7, 11) is -3.62. The largest absolute Gasteiger partial charge is 0.378 e. The van der Waals surface area contributed by atoms with Crippen LogP contribution in [0.15, 0.2) is 42.5 Å². The van der Waals surface area contributed by atoms with Crippen LogP contribution in [0, 0.1) is 0 Å². The van der Waals surface area contributed by atoms with Crippen molar-refractivity contribution in [1.29, 1.82) is 0 Å². The Morgan fingerprint density at radius 3 is 2.58 bits per heavy atom. The van der Waals surface area contributed by atoms with Crippen molar-refractivity contribution in [1.82, 2.24) is 4.72 Å². The molecule has 0 aromatic heterocycles. The van der Waals surface area contributed by atoms with Gasteiger partial charge in [0.1, 0.15) is 0 Å². The number of para-hydroxylation sites is 1. The molecule has 1 aliphatic carbocycles. The number of anilines is 2. The Hall–Kier alpha value is -2.58. The Balaban J connectivity index is 1.46. The van der Waals surface area contributed by atoms with Crippen molar-refractivity contribution in [3.63, 3.8) is 0 Å². The molecule has 8 heteroatoms. The second kappa shape index (κ2) is 8.33. The average molecular weight is 470 g/mol. The predicted octanol–water partition coefficient (Wildman–Crippen LogP) is 3.58. The zero-order valence-electron chi connectivity index (χ0n) is 19.1. The minimum Gasteiger partial charge on any atom is -0.378 e. The first kappa shape index (κ1) is 22.2. The molecule has 2 aromatic carbocycles. The van der Waals surface area contributed by atoms with E-state index in [0.29, 0.717) is 18.4 Å². The highest BCUT2D eigenvalue weighted by Gasteiger charge is 2.39. The van der Waals surface area contributed by atoms with Gasteiger partial charge in [0.2, 0.25) is 10.0 Å². The fraction of sp³-hybridized carbons (Fsp3) is 0.480. The van der Waals surface area contributed by atoms with Crippen LogP contribution in [0.25, 0.3) is 0 Å². The normalized spacial score (nSPS) is 22.2. The number of rotatable bonds is 5. The molecule has 1 amide bonds. The second-order valence-electron chi connectivity index (χ2n) is 9.88. The van der Waals surface area contributed by atoms with E-state index >= 15 is 0 Å². The van der Waals surface area contributed by atoms with Crippen LogP contribution in [-0.2, 0) is 20.2 Å². The van der Waals surface area contributed by atoms with Crippen LogP contribution in [0.1, 0.15) is 60.6 Å². The van der Waals surface area contributed by atoms with Crippen molar-refractivity contribution in [2.45, 2.75) is 49.8 Å². The Kier molecular flexibility index (Phi) is 5.61. The Morgan fingerprint density at radius 2 is 1.85 bits per heavy atom. The molecule has 33 heavy (non-hydrogen) atoms. The number of hydrogen-bond donors (Lipinski definition) is 2. The van der Waals surface area contributed by atoms with Gasteiger partial charge in [-0.1, -0.05) is 38.1 Å². The molecular formula is C25H31N3O4S. The van der Waals surface area contributed by atoms with Crippen molar-refractivity contribution < 1.29 is 17.9 Å². The summed E-state index contributed by atoms with van der Waals surface area (Å²) in [6, 6.07) is 14.1. The number of benzene rings is 2. The van der Waals surface area contributed by atoms with Crippen molar-refractivity contribution in [3.8, 4) is 0 Å². The van der Waals surface area contributed by atoms with Crippen molar-refractivity contribution in [2.24, 2.45) is 0 Å². The lowest BCUT2D eigenvalue weighted by Crippen LogP contribution is -2.37. The molecule has 1 atom stereocenters. The summed E-state index contributed by atoms with van der Waals surface area (Å²) in [5, 5.41) is 3.14. The van der Waals surface area contributed by atoms with E-state index in [1.165, 1.54) is 5.69 Å². The number of sulfonamides is 1. The summed E-state index contributed by atoms with van der Waals surface area (Å²) in [6.07, 6.45) is 2.09. The molecule has 1 saturated carbocycles. The Labute approximate surface area is 195 Å². The van der Waals surface area contributed by atoms with Gasteiger partial charge in [0, 0.05) is 18.8 Å². The molecule has 2 aliphatic heterocycles. The third kappa shape index (κ3) is 4.46. The van der Waals surface area contributed by atoms with E-state index in [2.05, 4.69) is 53.1 Å². The second-order valence-corrected chi connectivity index (χ2v) is 11.8.